The van der Waals surface area contributed by atoms with Crippen LogP contribution >= 0.6 is 15.9 Å². The molecule has 0 aliphatic carbocycles. The van der Waals surface area contributed by atoms with Crippen LogP contribution in [0.3, 0.4) is 0 Å². The number of aliphatic carboxylic acids is 1. The lowest BCUT2D eigenvalue weighted by Gasteiger charge is -2.28. The molecule has 0 spiro atoms. The SMILES string of the molecule is CC(C(=O)O)C(c1cc(Br)ccc1F)N(C)C. The Kier molecular flexibility index (Phi) is 4.65. The molecule has 0 amide bonds. The zero-order valence-corrected chi connectivity index (χ0v) is 11.5. The molecular weight excluding hydrogens is 289 g/mol. The number of carboxylic acid groups (broad SMARTS) is 1. The molecule has 1 aromatic carbocycles. The van der Waals surface area contributed by atoms with E-state index in [4.69, 9.17) is 5.11 Å². The molecule has 1 N–H and O–H groups in total. The van der Waals surface area contributed by atoms with E-state index in [-0.39, 0.29) is 5.82 Å². The Morgan fingerprint density at radius 3 is 2.53 bits per heavy atom. The molecular formula is C12H15BrFNO2. The Morgan fingerprint density at radius 1 is 1.47 bits per heavy atom. The van der Waals surface area contributed by atoms with E-state index >= 15 is 0 Å². The van der Waals surface area contributed by atoms with Crippen LogP contribution in [0.2, 0.25) is 0 Å². The van der Waals surface area contributed by atoms with Crippen molar-refractivity contribution < 1.29 is 14.3 Å². The Morgan fingerprint density at radius 2 is 2.06 bits per heavy atom. The lowest BCUT2D eigenvalue weighted by atomic mass is 9.93. The first kappa shape index (κ1) is 14.1. The Labute approximate surface area is 108 Å². The summed E-state index contributed by atoms with van der Waals surface area (Å²) in [6.07, 6.45) is 0. The molecule has 0 aliphatic rings. The minimum atomic E-state index is -0.942. The van der Waals surface area contributed by atoms with Crippen molar-refractivity contribution in [3.05, 3.63) is 34.1 Å². The van der Waals surface area contributed by atoms with E-state index in [1.165, 1.54) is 6.07 Å². The molecule has 94 valence electrons. The minimum Gasteiger partial charge on any atom is -0.481 e. The number of carboxylic acids is 1. The number of nitrogens with zero attached hydrogens (tertiary/aromatic N) is 1. The first-order valence-corrected chi connectivity index (χ1v) is 5.98. The highest BCUT2D eigenvalue weighted by atomic mass is 79.9. The fourth-order valence-electron chi connectivity index (χ4n) is 1.87. The van der Waals surface area contributed by atoms with Crippen molar-refractivity contribution in [3.8, 4) is 0 Å². The van der Waals surface area contributed by atoms with Crippen LogP contribution in [0, 0.1) is 11.7 Å². The lowest BCUT2D eigenvalue weighted by molar-refractivity contribution is -0.143. The van der Waals surface area contributed by atoms with Gasteiger partial charge in [-0.25, -0.2) is 4.39 Å². The van der Waals surface area contributed by atoms with Crippen molar-refractivity contribution >= 4 is 21.9 Å². The molecule has 0 fully saturated rings. The summed E-state index contributed by atoms with van der Waals surface area (Å²) in [6.45, 7) is 1.58. The van der Waals surface area contributed by atoms with E-state index in [0.29, 0.717) is 5.56 Å². The van der Waals surface area contributed by atoms with Gasteiger partial charge in [0, 0.05) is 10.0 Å². The average molecular weight is 304 g/mol. The Bertz CT molecular complexity index is 423. The predicted octanol–water partition coefficient (Wildman–Crippen LogP) is 2.91. The third-order valence-corrected chi connectivity index (χ3v) is 3.19. The van der Waals surface area contributed by atoms with Crippen LogP contribution in [0.15, 0.2) is 22.7 Å². The summed E-state index contributed by atoms with van der Waals surface area (Å²) in [5.74, 6) is -2.02. The molecule has 1 aromatic rings. The summed E-state index contributed by atoms with van der Waals surface area (Å²) < 4.78 is 14.5. The van der Waals surface area contributed by atoms with Crippen LogP contribution in [0.1, 0.15) is 18.5 Å². The van der Waals surface area contributed by atoms with Gasteiger partial charge in [0.05, 0.1) is 12.0 Å². The van der Waals surface area contributed by atoms with Gasteiger partial charge in [-0.3, -0.25) is 4.79 Å². The normalized spacial score (nSPS) is 14.7. The van der Waals surface area contributed by atoms with E-state index < -0.39 is 17.9 Å². The first-order valence-electron chi connectivity index (χ1n) is 5.18. The second-order valence-corrected chi connectivity index (χ2v) is 5.12. The van der Waals surface area contributed by atoms with E-state index in [1.54, 1.807) is 38.1 Å². The summed E-state index contributed by atoms with van der Waals surface area (Å²) in [5.41, 5.74) is 0.388. The van der Waals surface area contributed by atoms with Gasteiger partial charge >= 0.3 is 5.97 Å². The van der Waals surface area contributed by atoms with Crippen molar-refractivity contribution in [3.63, 3.8) is 0 Å². The first-order chi connectivity index (χ1) is 7.84. The largest absolute Gasteiger partial charge is 0.481 e. The molecule has 17 heavy (non-hydrogen) atoms. The van der Waals surface area contributed by atoms with Crippen LogP contribution in [0.25, 0.3) is 0 Å². The smallest absolute Gasteiger partial charge is 0.308 e. The quantitative estimate of drug-likeness (QED) is 0.930. The van der Waals surface area contributed by atoms with Crippen molar-refractivity contribution in [2.24, 2.45) is 5.92 Å². The number of carbonyl (C=O) groups is 1. The maximum absolute atomic E-state index is 13.8. The molecule has 0 aromatic heterocycles. The zero-order chi connectivity index (χ0) is 13.2. The van der Waals surface area contributed by atoms with Crippen LogP contribution in [0.5, 0.6) is 0 Å². The van der Waals surface area contributed by atoms with Crippen LogP contribution in [-0.2, 0) is 4.79 Å². The van der Waals surface area contributed by atoms with Gasteiger partial charge in [0.15, 0.2) is 0 Å². The molecule has 0 saturated carbocycles. The topological polar surface area (TPSA) is 40.5 Å². The highest BCUT2D eigenvalue weighted by molar-refractivity contribution is 9.10. The summed E-state index contributed by atoms with van der Waals surface area (Å²) in [5, 5.41) is 9.06. The molecule has 0 heterocycles. The van der Waals surface area contributed by atoms with Gasteiger partial charge in [0.25, 0.3) is 0 Å². The molecule has 0 aliphatic heterocycles. The average Bonchev–Trinajstić information content (AvgIpc) is 2.22. The molecule has 0 bridgehead atoms. The standard InChI is InChI=1S/C12H15BrFNO2/c1-7(12(16)17)11(15(2)3)9-6-8(13)4-5-10(9)14/h4-7,11H,1-3H3,(H,16,17). The van der Waals surface area contributed by atoms with Gasteiger partial charge in [-0.2, -0.15) is 0 Å². The second-order valence-electron chi connectivity index (χ2n) is 4.20. The minimum absolute atomic E-state index is 0.388. The number of halogens is 2. The maximum atomic E-state index is 13.8. The lowest BCUT2D eigenvalue weighted by Crippen LogP contribution is -2.31. The number of hydrogen-bond acceptors (Lipinski definition) is 2. The fraction of sp³-hybridized carbons (Fsp3) is 0.417. The summed E-state index contributed by atoms with van der Waals surface area (Å²) in [6, 6.07) is 4.06. The Balaban J connectivity index is 3.22. The van der Waals surface area contributed by atoms with E-state index in [0.717, 1.165) is 4.47 Å². The van der Waals surface area contributed by atoms with Crippen molar-refractivity contribution in [2.45, 2.75) is 13.0 Å². The number of rotatable bonds is 4. The fourth-order valence-corrected chi connectivity index (χ4v) is 2.25. The summed E-state index contributed by atoms with van der Waals surface area (Å²) >= 11 is 3.27. The number of hydrogen-bond donors (Lipinski definition) is 1. The van der Waals surface area contributed by atoms with Gasteiger partial charge in [0.1, 0.15) is 5.82 Å². The van der Waals surface area contributed by atoms with Gasteiger partial charge < -0.3 is 10.0 Å². The highest BCUT2D eigenvalue weighted by Crippen LogP contribution is 2.30. The monoisotopic (exact) mass is 303 g/mol. The zero-order valence-electron chi connectivity index (χ0n) is 9.95. The second kappa shape index (κ2) is 5.60. The van der Waals surface area contributed by atoms with E-state index in [1.807, 2.05) is 0 Å². The van der Waals surface area contributed by atoms with E-state index in [9.17, 15) is 9.18 Å². The van der Waals surface area contributed by atoms with Gasteiger partial charge in [-0.1, -0.05) is 22.9 Å². The van der Waals surface area contributed by atoms with Crippen LogP contribution < -0.4 is 0 Å². The van der Waals surface area contributed by atoms with E-state index in [2.05, 4.69) is 15.9 Å². The van der Waals surface area contributed by atoms with Crippen LogP contribution in [-0.4, -0.2) is 30.1 Å². The molecule has 0 radical (unpaired) electrons. The van der Waals surface area contributed by atoms with Gasteiger partial charge in [-0.05, 0) is 32.3 Å². The van der Waals surface area contributed by atoms with Crippen molar-refractivity contribution in [1.82, 2.24) is 4.90 Å². The molecule has 0 saturated heterocycles. The third-order valence-electron chi connectivity index (χ3n) is 2.70. The van der Waals surface area contributed by atoms with Crippen LogP contribution in [0.4, 0.5) is 4.39 Å². The maximum Gasteiger partial charge on any atom is 0.308 e. The third kappa shape index (κ3) is 3.26. The highest BCUT2D eigenvalue weighted by Gasteiger charge is 2.29. The molecule has 5 heteroatoms. The van der Waals surface area contributed by atoms with Gasteiger partial charge in [0.2, 0.25) is 0 Å². The van der Waals surface area contributed by atoms with Gasteiger partial charge in [-0.15, -0.1) is 0 Å². The molecule has 2 unspecified atom stereocenters. The Hall–Kier alpha value is -0.940. The summed E-state index contributed by atoms with van der Waals surface area (Å²) in [7, 11) is 3.48. The number of benzene rings is 1. The van der Waals surface area contributed by atoms with Crippen molar-refractivity contribution in [1.29, 1.82) is 0 Å². The predicted molar refractivity (Wildman–Crippen MR) is 67.3 cm³/mol. The summed E-state index contributed by atoms with van der Waals surface area (Å²) in [4.78, 5) is 12.8. The van der Waals surface area contributed by atoms with Crippen molar-refractivity contribution in [2.75, 3.05) is 14.1 Å². The molecule has 1 rings (SSSR count). The molecule has 2 atom stereocenters. The molecule has 3 nitrogen and oxygen atoms in total.